The zero-order chi connectivity index (χ0) is 15.4. The molecule has 1 aliphatic heterocycles. The van der Waals surface area contributed by atoms with Gasteiger partial charge in [-0.05, 0) is 30.5 Å². The summed E-state index contributed by atoms with van der Waals surface area (Å²) in [6, 6.07) is 6.90. The highest BCUT2D eigenvalue weighted by molar-refractivity contribution is 14.0. The van der Waals surface area contributed by atoms with Crippen molar-refractivity contribution in [1.82, 2.24) is 4.90 Å². The van der Waals surface area contributed by atoms with E-state index in [1.165, 1.54) is 18.4 Å². The van der Waals surface area contributed by atoms with Gasteiger partial charge in [-0.25, -0.2) is 4.39 Å². The smallest absolute Gasteiger partial charge is 0.191 e. The first-order valence-electron chi connectivity index (χ1n) is 8.08. The van der Waals surface area contributed by atoms with Gasteiger partial charge >= 0.3 is 0 Å². The maximum absolute atomic E-state index is 13.2. The minimum atomic E-state index is -0.187. The molecule has 0 spiro atoms. The Bertz CT molecular complexity index is 523. The second-order valence-electron chi connectivity index (χ2n) is 6.27. The van der Waals surface area contributed by atoms with Gasteiger partial charge in [0.1, 0.15) is 5.82 Å². The molecule has 1 saturated heterocycles. The summed E-state index contributed by atoms with van der Waals surface area (Å²) in [5, 5.41) is 0. The third-order valence-electron chi connectivity index (χ3n) is 4.90. The Labute approximate surface area is 154 Å². The Hall–Kier alpha value is -0.890. The number of nitrogens with zero attached hydrogens (tertiary/aromatic N) is 2. The van der Waals surface area contributed by atoms with Crippen molar-refractivity contribution in [2.75, 3.05) is 32.8 Å². The van der Waals surface area contributed by atoms with Crippen LogP contribution in [0.25, 0.3) is 0 Å². The first kappa shape index (κ1) is 18.4. The fourth-order valence-corrected chi connectivity index (χ4v) is 3.52. The molecule has 1 aromatic rings. The normalized spacial score (nSPS) is 21.1. The Morgan fingerprint density at radius 2 is 1.78 bits per heavy atom. The molecule has 0 amide bonds. The highest BCUT2D eigenvalue weighted by Gasteiger charge is 2.35. The van der Waals surface area contributed by atoms with Gasteiger partial charge in [0.15, 0.2) is 5.96 Å². The summed E-state index contributed by atoms with van der Waals surface area (Å²) < 4.78 is 18.5. The van der Waals surface area contributed by atoms with Crippen LogP contribution < -0.4 is 5.73 Å². The van der Waals surface area contributed by atoms with Gasteiger partial charge in [-0.15, -0.1) is 24.0 Å². The van der Waals surface area contributed by atoms with E-state index in [0.29, 0.717) is 25.7 Å². The average molecular weight is 433 g/mol. The quantitative estimate of drug-likeness (QED) is 0.453. The summed E-state index contributed by atoms with van der Waals surface area (Å²) in [6.45, 7) is 3.71. The molecule has 6 heteroatoms. The molecule has 0 aromatic heterocycles. The zero-order valence-electron chi connectivity index (χ0n) is 13.3. The lowest BCUT2D eigenvalue weighted by Crippen LogP contribution is -2.45. The van der Waals surface area contributed by atoms with Crippen LogP contribution in [0.5, 0.6) is 0 Å². The summed E-state index contributed by atoms with van der Waals surface area (Å²) in [6.07, 6.45) is 4.59. The van der Waals surface area contributed by atoms with Gasteiger partial charge in [0, 0.05) is 18.5 Å². The van der Waals surface area contributed by atoms with Crippen molar-refractivity contribution in [3.05, 3.63) is 35.6 Å². The second-order valence-corrected chi connectivity index (χ2v) is 6.27. The molecule has 2 N–H and O–H groups in total. The van der Waals surface area contributed by atoms with E-state index in [2.05, 4.69) is 9.89 Å². The van der Waals surface area contributed by atoms with Crippen LogP contribution in [0.2, 0.25) is 0 Å². The number of nitrogens with two attached hydrogens (primary N) is 1. The number of hydrogen-bond donors (Lipinski definition) is 1. The maximum Gasteiger partial charge on any atom is 0.191 e. The van der Waals surface area contributed by atoms with Crippen LogP contribution in [-0.2, 0) is 10.2 Å². The molecule has 2 aliphatic rings. The van der Waals surface area contributed by atoms with E-state index in [1.807, 2.05) is 12.1 Å². The maximum atomic E-state index is 13.2. The molecule has 3 rings (SSSR count). The first-order valence-corrected chi connectivity index (χ1v) is 8.08. The molecule has 1 saturated carbocycles. The Balaban J connectivity index is 0.00000192. The van der Waals surface area contributed by atoms with Crippen LogP contribution >= 0.6 is 24.0 Å². The number of rotatable bonds is 3. The van der Waals surface area contributed by atoms with E-state index in [-0.39, 0.29) is 35.2 Å². The minimum Gasteiger partial charge on any atom is -0.378 e. The number of guanidine groups is 1. The van der Waals surface area contributed by atoms with Crippen molar-refractivity contribution >= 4 is 29.9 Å². The van der Waals surface area contributed by atoms with Gasteiger partial charge in [0.25, 0.3) is 0 Å². The molecule has 0 radical (unpaired) electrons. The standard InChI is InChI=1S/C17H24FN3O.HI/c18-15-5-3-14(4-6-15)17(7-1-2-8-17)13-20-16(19)21-9-11-22-12-10-21;/h3-6H,1-2,7-13H2,(H2,19,20);1H. The van der Waals surface area contributed by atoms with Crippen LogP contribution in [0.15, 0.2) is 29.3 Å². The number of halogens is 2. The minimum absolute atomic E-state index is 0. The summed E-state index contributed by atoms with van der Waals surface area (Å²) in [5.41, 5.74) is 7.35. The van der Waals surface area contributed by atoms with E-state index in [0.717, 1.165) is 25.9 Å². The van der Waals surface area contributed by atoms with Crippen LogP contribution in [0.3, 0.4) is 0 Å². The van der Waals surface area contributed by atoms with Crippen LogP contribution in [0.4, 0.5) is 4.39 Å². The molecule has 1 heterocycles. The molecule has 0 unspecified atom stereocenters. The first-order chi connectivity index (χ1) is 10.7. The molecule has 1 aliphatic carbocycles. The monoisotopic (exact) mass is 433 g/mol. The topological polar surface area (TPSA) is 50.8 Å². The van der Waals surface area contributed by atoms with E-state index in [4.69, 9.17) is 10.5 Å². The highest BCUT2D eigenvalue weighted by atomic mass is 127. The van der Waals surface area contributed by atoms with Gasteiger partial charge in [0.05, 0.1) is 19.8 Å². The van der Waals surface area contributed by atoms with Crippen LogP contribution in [0, 0.1) is 5.82 Å². The summed E-state index contributed by atoms with van der Waals surface area (Å²) >= 11 is 0. The van der Waals surface area contributed by atoms with Crippen molar-refractivity contribution in [2.24, 2.45) is 10.7 Å². The van der Waals surface area contributed by atoms with Gasteiger partial charge in [-0.1, -0.05) is 25.0 Å². The molecule has 128 valence electrons. The molecule has 0 bridgehead atoms. The van der Waals surface area contributed by atoms with Crippen LogP contribution in [0.1, 0.15) is 31.2 Å². The Morgan fingerprint density at radius 1 is 1.17 bits per heavy atom. The summed E-state index contributed by atoms with van der Waals surface area (Å²) in [7, 11) is 0. The van der Waals surface area contributed by atoms with Crippen molar-refractivity contribution < 1.29 is 9.13 Å². The molecular formula is C17H25FIN3O. The van der Waals surface area contributed by atoms with Crippen molar-refractivity contribution in [1.29, 1.82) is 0 Å². The molecular weight excluding hydrogens is 408 g/mol. The SMILES string of the molecule is I.NC(=NCC1(c2ccc(F)cc2)CCCC1)N1CCOCC1. The number of aliphatic imine (C=N–C) groups is 1. The van der Waals surface area contributed by atoms with Gasteiger partial charge in [-0.2, -0.15) is 0 Å². The van der Waals surface area contributed by atoms with Crippen molar-refractivity contribution in [3.8, 4) is 0 Å². The third kappa shape index (κ3) is 4.35. The molecule has 2 fully saturated rings. The summed E-state index contributed by atoms with van der Waals surface area (Å²) in [4.78, 5) is 6.75. The van der Waals surface area contributed by atoms with Crippen molar-refractivity contribution in [2.45, 2.75) is 31.1 Å². The zero-order valence-corrected chi connectivity index (χ0v) is 15.7. The third-order valence-corrected chi connectivity index (χ3v) is 4.90. The number of ether oxygens (including phenoxy) is 1. The predicted molar refractivity (Wildman–Crippen MR) is 101 cm³/mol. The number of hydrogen-bond acceptors (Lipinski definition) is 2. The van der Waals surface area contributed by atoms with E-state index in [9.17, 15) is 4.39 Å². The molecule has 23 heavy (non-hydrogen) atoms. The largest absolute Gasteiger partial charge is 0.378 e. The molecule has 4 nitrogen and oxygen atoms in total. The van der Waals surface area contributed by atoms with Gasteiger partial charge in [0.2, 0.25) is 0 Å². The van der Waals surface area contributed by atoms with Crippen molar-refractivity contribution in [3.63, 3.8) is 0 Å². The molecule has 0 atom stereocenters. The van der Waals surface area contributed by atoms with E-state index in [1.54, 1.807) is 12.1 Å². The van der Waals surface area contributed by atoms with Gasteiger partial charge in [-0.3, -0.25) is 4.99 Å². The fraction of sp³-hybridized carbons (Fsp3) is 0.588. The van der Waals surface area contributed by atoms with E-state index < -0.39 is 0 Å². The number of morpholine rings is 1. The van der Waals surface area contributed by atoms with E-state index >= 15 is 0 Å². The molecule has 1 aromatic carbocycles. The van der Waals surface area contributed by atoms with Crippen LogP contribution in [-0.4, -0.2) is 43.7 Å². The lowest BCUT2D eigenvalue weighted by molar-refractivity contribution is 0.0673. The average Bonchev–Trinajstić information content (AvgIpc) is 3.04. The Morgan fingerprint density at radius 3 is 2.39 bits per heavy atom. The predicted octanol–water partition coefficient (Wildman–Crippen LogP) is 2.90. The fourth-order valence-electron chi connectivity index (χ4n) is 3.52. The lowest BCUT2D eigenvalue weighted by Gasteiger charge is -2.31. The lowest BCUT2D eigenvalue weighted by atomic mass is 9.79. The second kappa shape index (κ2) is 8.28. The number of benzene rings is 1. The Kier molecular flexibility index (Phi) is 6.64. The van der Waals surface area contributed by atoms with Gasteiger partial charge < -0.3 is 15.4 Å². The highest BCUT2D eigenvalue weighted by Crippen LogP contribution is 2.41. The summed E-state index contributed by atoms with van der Waals surface area (Å²) in [5.74, 6) is 0.421.